The Bertz CT molecular complexity index is 964. The number of amides is 1. The van der Waals surface area contributed by atoms with Gasteiger partial charge in [-0.3, -0.25) is 4.98 Å². The summed E-state index contributed by atoms with van der Waals surface area (Å²) in [5, 5.41) is 9.04. The number of benzene rings is 1. The Kier molecular flexibility index (Phi) is 4.88. The SMILES string of the molecule is COc1ccc(COc2ccc3oc(N4CCN(C(=O)O)CC4)nc3c2)nc1. The molecule has 0 spiro atoms. The van der Waals surface area contributed by atoms with Gasteiger partial charge in [0.15, 0.2) is 5.58 Å². The topological polar surface area (TPSA) is 101 Å². The average molecular weight is 384 g/mol. The van der Waals surface area contributed by atoms with Gasteiger partial charge in [-0.2, -0.15) is 4.98 Å². The lowest BCUT2D eigenvalue weighted by Gasteiger charge is -2.31. The largest absolute Gasteiger partial charge is 0.495 e. The first kappa shape index (κ1) is 17.9. The third-order valence-electron chi connectivity index (χ3n) is 4.59. The molecule has 0 atom stereocenters. The summed E-state index contributed by atoms with van der Waals surface area (Å²) in [5.41, 5.74) is 2.14. The number of ether oxygens (including phenoxy) is 2. The van der Waals surface area contributed by atoms with Crippen molar-refractivity contribution in [1.29, 1.82) is 0 Å². The molecule has 0 saturated carbocycles. The van der Waals surface area contributed by atoms with Crippen molar-refractivity contribution in [2.45, 2.75) is 6.61 Å². The number of hydrogen-bond donors (Lipinski definition) is 1. The smallest absolute Gasteiger partial charge is 0.407 e. The number of carbonyl (C=O) groups is 1. The van der Waals surface area contributed by atoms with Gasteiger partial charge in [-0.1, -0.05) is 0 Å². The number of anilines is 1. The first-order valence-corrected chi connectivity index (χ1v) is 8.87. The molecule has 9 nitrogen and oxygen atoms in total. The average Bonchev–Trinajstić information content (AvgIpc) is 3.16. The highest BCUT2D eigenvalue weighted by atomic mass is 16.5. The summed E-state index contributed by atoms with van der Waals surface area (Å²) in [6.07, 6.45) is 0.751. The van der Waals surface area contributed by atoms with E-state index in [1.807, 2.05) is 35.2 Å². The third-order valence-corrected chi connectivity index (χ3v) is 4.59. The number of piperazine rings is 1. The van der Waals surface area contributed by atoms with Crippen LogP contribution in [0.1, 0.15) is 5.69 Å². The molecule has 1 aliphatic heterocycles. The maximum absolute atomic E-state index is 11.0. The zero-order valence-corrected chi connectivity index (χ0v) is 15.4. The molecule has 0 unspecified atom stereocenters. The lowest BCUT2D eigenvalue weighted by atomic mass is 10.3. The standard InChI is InChI=1S/C19H20N4O5/c1-26-15-3-2-13(20-11-15)12-27-14-4-5-17-16(10-14)21-18(28-17)22-6-8-23(9-7-22)19(24)25/h2-5,10-11H,6-9,12H2,1H3,(H,24,25). The van der Waals surface area contributed by atoms with Gasteiger partial charge in [0.25, 0.3) is 6.01 Å². The number of nitrogens with zero attached hydrogens (tertiary/aromatic N) is 4. The Labute approximate surface area is 161 Å². The molecular formula is C19H20N4O5. The number of hydrogen-bond acceptors (Lipinski definition) is 7. The fraction of sp³-hybridized carbons (Fsp3) is 0.316. The van der Waals surface area contributed by atoms with Gasteiger partial charge in [0.1, 0.15) is 23.6 Å². The Hall–Kier alpha value is -3.49. The molecule has 1 amide bonds. The first-order chi connectivity index (χ1) is 13.6. The van der Waals surface area contributed by atoms with Crippen LogP contribution in [0, 0.1) is 0 Å². The van der Waals surface area contributed by atoms with Gasteiger partial charge < -0.3 is 28.8 Å². The minimum Gasteiger partial charge on any atom is -0.495 e. The second kappa shape index (κ2) is 7.63. The van der Waals surface area contributed by atoms with Crippen LogP contribution < -0.4 is 14.4 Å². The fourth-order valence-corrected chi connectivity index (χ4v) is 2.98. The number of methoxy groups -OCH3 is 1. The van der Waals surface area contributed by atoms with Crippen LogP contribution in [0.4, 0.5) is 10.8 Å². The van der Waals surface area contributed by atoms with Gasteiger partial charge in [-0.25, -0.2) is 4.79 Å². The van der Waals surface area contributed by atoms with Crippen LogP contribution in [-0.2, 0) is 6.61 Å². The lowest BCUT2D eigenvalue weighted by molar-refractivity contribution is 0.142. The molecule has 1 aliphatic rings. The van der Waals surface area contributed by atoms with Crippen molar-refractivity contribution in [3.63, 3.8) is 0 Å². The predicted octanol–water partition coefficient (Wildman–Crippen LogP) is 2.61. The molecule has 0 aliphatic carbocycles. The van der Waals surface area contributed by atoms with Crippen LogP contribution in [0.15, 0.2) is 40.9 Å². The van der Waals surface area contributed by atoms with Gasteiger partial charge >= 0.3 is 6.09 Å². The van der Waals surface area contributed by atoms with Crippen molar-refractivity contribution >= 4 is 23.2 Å². The summed E-state index contributed by atoms with van der Waals surface area (Å²) in [7, 11) is 1.60. The summed E-state index contributed by atoms with van der Waals surface area (Å²) in [6, 6.07) is 9.64. The summed E-state index contributed by atoms with van der Waals surface area (Å²) >= 11 is 0. The van der Waals surface area contributed by atoms with E-state index >= 15 is 0 Å². The Morgan fingerprint density at radius 1 is 1.18 bits per heavy atom. The van der Waals surface area contributed by atoms with E-state index in [4.69, 9.17) is 19.0 Å². The molecule has 0 bridgehead atoms. The second-order valence-corrected chi connectivity index (χ2v) is 6.36. The van der Waals surface area contributed by atoms with Gasteiger partial charge in [-0.15, -0.1) is 0 Å². The van der Waals surface area contributed by atoms with Gasteiger partial charge in [-0.05, 0) is 24.3 Å². The van der Waals surface area contributed by atoms with Crippen LogP contribution in [0.2, 0.25) is 0 Å². The molecule has 9 heteroatoms. The van der Waals surface area contributed by atoms with E-state index in [2.05, 4.69) is 9.97 Å². The maximum Gasteiger partial charge on any atom is 0.407 e. The number of pyridine rings is 1. The minimum atomic E-state index is -0.898. The lowest BCUT2D eigenvalue weighted by Crippen LogP contribution is -2.48. The van der Waals surface area contributed by atoms with Crippen LogP contribution >= 0.6 is 0 Å². The summed E-state index contributed by atoms with van der Waals surface area (Å²) < 4.78 is 16.7. The van der Waals surface area contributed by atoms with E-state index in [0.29, 0.717) is 61.4 Å². The van der Waals surface area contributed by atoms with Crippen LogP contribution in [-0.4, -0.2) is 59.4 Å². The second-order valence-electron chi connectivity index (χ2n) is 6.36. The molecule has 3 heterocycles. The molecule has 0 radical (unpaired) electrons. The van der Waals surface area contributed by atoms with Gasteiger partial charge in [0.05, 0.1) is 19.0 Å². The molecule has 146 valence electrons. The Morgan fingerprint density at radius 2 is 1.96 bits per heavy atom. The highest BCUT2D eigenvalue weighted by Gasteiger charge is 2.23. The first-order valence-electron chi connectivity index (χ1n) is 8.87. The molecule has 3 aromatic rings. The van der Waals surface area contributed by atoms with E-state index in [9.17, 15) is 4.79 Å². The maximum atomic E-state index is 11.0. The number of carboxylic acid groups (broad SMARTS) is 1. The summed E-state index contributed by atoms with van der Waals surface area (Å²) in [5.74, 6) is 1.37. The van der Waals surface area contributed by atoms with E-state index in [1.165, 1.54) is 4.90 Å². The molecule has 1 N–H and O–H groups in total. The van der Waals surface area contributed by atoms with Gasteiger partial charge in [0, 0.05) is 32.2 Å². The molecule has 1 aromatic carbocycles. The molecule has 28 heavy (non-hydrogen) atoms. The minimum absolute atomic E-state index is 0.331. The summed E-state index contributed by atoms with van der Waals surface area (Å²) in [4.78, 5) is 23.1. The zero-order chi connectivity index (χ0) is 19.5. The van der Waals surface area contributed by atoms with Crippen LogP contribution in [0.25, 0.3) is 11.1 Å². The van der Waals surface area contributed by atoms with Gasteiger partial charge in [0.2, 0.25) is 0 Å². The number of aromatic nitrogens is 2. The zero-order valence-electron chi connectivity index (χ0n) is 15.4. The third kappa shape index (κ3) is 3.78. The molecule has 2 aromatic heterocycles. The van der Waals surface area contributed by atoms with E-state index in [-0.39, 0.29) is 0 Å². The quantitative estimate of drug-likeness (QED) is 0.716. The molecule has 1 saturated heterocycles. The fourth-order valence-electron chi connectivity index (χ4n) is 2.98. The van der Waals surface area contributed by atoms with Crippen molar-refractivity contribution in [2.75, 3.05) is 38.2 Å². The number of oxazole rings is 1. The van der Waals surface area contributed by atoms with Crippen molar-refractivity contribution in [2.24, 2.45) is 0 Å². The van der Waals surface area contributed by atoms with Crippen molar-refractivity contribution < 1.29 is 23.8 Å². The van der Waals surface area contributed by atoms with E-state index in [1.54, 1.807) is 13.3 Å². The Morgan fingerprint density at radius 3 is 2.64 bits per heavy atom. The van der Waals surface area contributed by atoms with Crippen molar-refractivity contribution in [3.05, 3.63) is 42.2 Å². The monoisotopic (exact) mass is 384 g/mol. The summed E-state index contributed by atoms with van der Waals surface area (Å²) in [6.45, 7) is 2.28. The van der Waals surface area contributed by atoms with Crippen LogP contribution in [0.3, 0.4) is 0 Å². The molecular weight excluding hydrogens is 364 g/mol. The van der Waals surface area contributed by atoms with Crippen molar-refractivity contribution in [1.82, 2.24) is 14.9 Å². The molecule has 4 rings (SSSR count). The normalized spacial score (nSPS) is 14.3. The highest BCUT2D eigenvalue weighted by Crippen LogP contribution is 2.26. The van der Waals surface area contributed by atoms with E-state index < -0.39 is 6.09 Å². The number of fused-ring (bicyclic) bond motifs is 1. The Balaban J connectivity index is 1.42. The predicted molar refractivity (Wildman–Crippen MR) is 101 cm³/mol. The molecule has 1 fully saturated rings. The number of rotatable bonds is 5. The van der Waals surface area contributed by atoms with Crippen LogP contribution in [0.5, 0.6) is 11.5 Å². The van der Waals surface area contributed by atoms with E-state index in [0.717, 1.165) is 5.69 Å². The van der Waals surface area contributed by atoms with Crippen molar-refractivity contribution in [3.8, 4) is 11.5 Å². The highest BCUT2D eigenvalue weighted by molar-refractivity contribution is 5.76.